The van der Waals surface area contributed by atoms with Crippen LogP contribution in [0.4, 0.5) is 4.39 Å². The minimum Gasteiger partial charge on any atom is -0.468 e. The molecule has 1 saturated heterocycles. The topological polar surface area (TPSA) is 45.5 Å². The molecule has 5 heteroatoms. The van der Waals surface area contributed by atoms with Crippen molar-refractivity contribution in [2.75, 3.05) is 19.6 Å². The maximum Gasteiger partial charge on any atom is 0.220 e. The Labute approximate surface area is 141 Å². The molecule has 3 rings (SSSR count). The number of nitrogens with one attached hydrogen (secondary N) is 1. The number of hydrogen-bond donors (Lipinski definition) is 1. The average Bonchev–Trinajstić information content (AvgIpc) is 3.29. The van der Waals surface area contributed by atoms with Gasteiger partial charge in [-0.3, -0.25) is 9.69 Å². The smallest absolute Gasteiger partial charge is 0.220 e. The van der Waals surface area contributed by atoms with Crippen LogP contribution in [0.2, 0.25) is 0 Å². The van der Waals surface area contributed by atoms with Crippen LogP contribution < -0.4 is 5.32 Å². The lowest BCUT2D eigenvalue weighted by atomic mass is 10.1. The van der Waals surface area contributed by atoms with E-state index in [1.165, 1.54) is 25.0 Å². The highest BCUT2D eigenvalue weighted by atomic mass is 19.1. The molecule has 2 heterocycles. The number of nitrogens with zero attached hydrogens (tertiary/aromatic N) is 1. The van der Waals surface area contributed by atoms with E-state index in [0.29, 0.717) is 19.4 Å². The molecule has 0 aliphatic carbocycles. The zero-order chi connectivity index (χ0) is 16.8. The van der Waals surface area contributed by atoms with Gasteiger partial charge in [0.05, 0.1) is 12.3 Å². The van der Waals surface area contributed by atoms with Gasteiger partial charge < -0.3 is 9.73 Å². The van der Waals surface area contributed by atoms with Crippen LogP contribution in [0.1, 0.15) is 36.6 Å². The Bertz CT molecular complexity index is 634. The van der Waals surface area contributed by atoms with Gasteiger partial charge in [-0.2, -0.15) is 0 Å². The SMILES string of the molecule is O=C(CCc1ccc(F)cc1)NCC(c1ccco1)N1CCCC1. The fraction of sp³-hybridized carbons (Fsp3) is 0.421. The number of likely N-dealkylation sites (tertiary alicyclic amines) is 1. The monoisotopic (exact) mass is 330 g/mol. The maximum absolute atomic E-state index is 12.9. The van der Waals surface area contributed by atoms with Crippen molar-refractivity contribution in [1.29, 1.82) is 0 Å². The first-order chi connectivity index (χ1) is 11.7. The Morgan fingerprint density at radius 3 is 2.62 bits per heavy atom. The van der Waals surface area contributed by atoms with Crippen molar-refractivity contribution >= 4 is 5.91 Å². The lowest BCUT2D eigenvalue weighted by Gasteiger charge is -2.26. The van der Waals surface area contributed by atoms with Crippen molar-refractivity contribution in [3.63, 3.8) is 0 Å². The Balaban J connectivity index is 1.50. The summed E-state index contributed by atoms with van der Waals surface area (Å²) in [5, 5.41) is 3.01. The van der Waals surface area contributed by atoms with Gasteiger partial charge in [0.2, 0.25) is 5.91 Å². The van der Waals surface area contributed by atoms with E-state index in [0.717, 1.165) is 24.4 Å². The van der Waals surface area contributed by atoms with Crippen molar-refractivity contribution in [2.24, 2.45) is 0 Å². The molecule has 0 spiro atoms. The number of rotatable bonds is 7. The number of carbonyl (C=O) groups excluding carboxylic acids is 1. The lowest BCUT2D eigenvalue weighted by molar-refractivity contribution is -0.121. The Hall–Kier alpha value is -2.14. The number of carbonyl (C=O) groups is 1. The van der Waals surface area contributed by atoms with Gasteiger partial charge in [-0.15, -0.1) is 0 Å². The second kappa shape index (κ2) is 8.11. The predicted molar refractivity (Wildman–Crippen MR) is 90.0 cm³/mol. The molecule has 1 aromatic carbocycles. The molecule has 0 radical (unpaired) electrons. The third kappa shape index (κ3) is 4.45. The van der Waals surface area contributed by atoms with E-state index in [4.69, 9.17) is 4.42 Å². The van der Waals surface area contributed by atoms with Crippen molar-refractivity contribution in [3.8, 4) is 0 Å². The highest BCUT2D eigenvalue weighted by Gasteiger charge is 2.25. The van der Waals surface area contributed by atoms with Gasteiger partial charge >= 0.3 is 0 Å². The number of aryl methyl sites for hydroxylation is 1. The van der Waals surface area contributed by atoms with E-state index in [2.05, 4.69) is 10.2 Å². The number of hydrogen-bond acceptors (Lipinski definition) is 3. The van der Waals surface area contributed by atoms with Gasteiger partial charge in [0, 0.05) is 13.0 Å². The summed E-state index contributed by atoms with van der Waals surface area (Å²) < 4.78 is 18.4. The van der Waals surface area contributed by atoms with Crippen LogP contribution in [0, 0.1) is 5.82 Å². The fourth-order valence-electron chi connectivity index (χ4n) is 3.15. The van der Waals surface area contributed by atoms with Gasteiger partial charge in [0.25, 0.3) is 0 Å². The summed E-state index contributed by atoms with van der Waals surface area (Å²) in [5.41, 5.74) is 0.966. The van der Waals surface area contributed by atoms with Crippen LogP contribution >= 0.6 is 0 Å². The molecule has 1 unspecified atom stereocenters. The molecule has 4 nitrogen and oxygen atoms in total. The zero-order valence-corrected chi connectivity index (χ0v) is 13.7. The second-order valence-electron chi connectivity index (χ2n) is 6.20. The van der Waals surface area contributed by atoms with Crippen molar-refractivity contribution in [2.45, 2.75) is 31.7 Å². The van der Waals surface area contributed by atoms with Crippen LogP contribution in [0.3, 0.4) is 0 Å². The van der Waals surface area contributed by atoms with Crippen LogP contribution in [0.15, 0.2) is 47.1 Å². The van der Waals surface area contributed by atoms with Crippen LogP contribution in [-0.4, -0.2) is 30.4 Å². The average molecular weight is 330 g/mol. The minimum atomic E-state index is -0.255. The van der Waals surface area contributed by atoms with E-state index >= 15 is 0 Å². The molecule has 1 atom stereocenters. The van der Waals surface area contributed by atoms with Crippen molar-refractivity contribution in [1.82, 2.24) is 10.2 Å². The summed E-state index contributed by atoms with van der Waals surface area (Å²) in [7, 11) is 0. The molecular formula is C19H23FN2O2. The first-order valence-electron chi connectivity index (χ1n) is 8.51. The lowest BCUT2D eigenvalue weighted by Crippen LogP contribution is -2.36. The molecule has 24 heavy (non-hydrogen) atoms. The van der Waals surface area contributed by atoms with Gasteiger partial charge in [-0.05, 0) is 62.2 Å². The molecule has 1 aliphatic rings. The largest absolute Gasteiger partial charge is 0.468 e. The summed E-state index contributed by atoms with van der Waals surface area (Å²) in [4.78, 5) is 14.5. The highest BCUT2D eigenvalue weighted by molar-refractivity contribution is 5.76. The third-order valence-corrected chi connectivity index (χ3v) is 4.50. The van der Waals surface area contributed by atoms with Crippen LogP contribution in [0.5, 0.6) is 0 Å². The first-order valence-corrected chi connectivity index (χ1v) is 8.51. The Morgan fingerprint density at radius 2 is 1.96 bits per heavy atom. The molecule has 128 valence electrons. The fourth-order valence-corrected chi connectivity index (χ4v) is 3.15. The summed E-state index contributed by atoms with van der Waals surface area (Å²) >= 11 is 0. The minimum absolute atomic E-state index is 0.00933. The molecular weight excluding hydrogens is 307 g/mol. The highest BCUT2D eigenvalue weighted by Crippen LogP contribution is 2.24. The van der Waals surface area contributed by atoms with E-state index < -0.39 is 0 Å². The van der Waals surface area contributed by atoms with Crippen molar-refractivity contribution < 1.29 is 13.6 Å². The zero-order valence-electron chi connectivity index (χ0n) is 13.7. The van der Waals surface area contributed by atoms with Gasteiger partial charge in [0.1, 0.15) is 11.6 Å². The standard InChI is InChI=1S/C19H23FN2O2/c20-16-8-5-15(6-9-16)7-10-19(23)21-14-17(18-4-3-13-24-18)22-11-1-2-12-22/h3-6,8-9,13,17H,1-2,7,10-12,14H2,(H,21,23). The molecule has 2 aromatic rings. The van der Waals surface area contributed by atoms with Gasteiger partial charge in [-0.1, -0.05) is 12.1 Å². The quantitative estimate of drug-likeness (QED) is 0.847. The van der Waals surface area contributed by atoms with Gasteiger partial charge in [-0.25, -0.2) is 4.39 Å². The Morgan fingerprint density at radius 1 is 1.21 bits per heavy atom. The van der Waals surface area contributed by atoms with Crippen LogP contribution in [-0.2, 0) is 11.2 Å². The van der Waals surface area contributed by atoms with Gasteiger partial charge in [0.15, 0.2) is 0 Å². The predicted octanol–water partition coefficient (Wildman–Crippen LogP) is 3.30. The number of benzene rings is 1. The third-order valence-electron chi connectivity index (χ3n) is 4.50. The summed E-state index contributed by atoms with van der Waals surface area (Å²) in [6.45, 7) is 2.63. The summed E-state index contributed by atoms with van der Waals surface area (Å²) in [6.07, 6.45) is 5.07. The van der Waals surface area contributed by atoms with Crippen molar-refractivity contribution in [3.05, 3.63) is 59.8 Å². The summed E-state index contributed by atoms with van der Waals surface area (Å²) in [5.74, 6) is 0.654. The van der Waals surface area contributed by atoms with E-state index in [1.807, 2.05) is 12.1 Å². The molecule has 0 bridgehead atoms. The van der Waals surface area contributed by atoms with E-state index in [1.54, 1.807) is 18.4 Å². The first kappa shape index (κ1) is 16.7. The molecule has 1 aromatic heterocycles. The molecule has 1 N–H and O–H groups in total. The molecule has 1 fully saturated rings. The second-order valence-corrected chi connectivity index (χ2v) is 6.20. The number of furan rings is 1. The Kier molecular flexibility index (Phi) is 5.64. The normalized spacial score (nSPS) is 16.2. The molecule has 0 saturated carbocycles. The number of halogens is 1. The maximum atomic E-state index is 12.9. The van der Waals surface area contributed by atoms with Crippen LogP contribution in [0.25, 0.3) is 0 Å². The van der Waals surface area contributed by atoms with E-state index in [9.17, 15) is 9.18 Å². The summed E-state index contributed by atoms with van der Waals surface area (Å²) in [6, 6.07) is 10.2. The van der Waals surface area contributed by atoms with E-state index in [-0.39, 0.29) is 17.8 Å². The molecule has 1 amide bonds. The molecule has 1 aliphatic heterocycles. The number of amides is 1.